The topological polar surface area (TPSA) is 99.4 Å². The van der Waals surface area contributed by atoms with Crippen molar-refractivity contribution in [3.63, 3.8) is 0 Å². The van der Waals surface area contributed by atoms with Crippen molar-refractivity contribution in [2.24, 2.45) is 0 Å². The van der Waals surface area contributed by atoms with Crippen molar-refractivity contribution in [3.8, 4) is 6.07 Å². The van der Waals surface area contributed by atoms with Crippen LogP contribution >= 0.6 is 15.9 Å². The summed E-state index contributed by atoms with van der Waals surface area (Å²) in [5.41, 5.74) is 0.297. The van der Waals surface area contributed by atoms with E-state index in [1.54, 1.807) is 67.6 Å². The average molecular weight is 441 g/mol. The van der Waals surface area contributed by atoms with Gasteiger partial charge in [0.25, 0.3) is 5.91 Å². The third kappa shape index (κ3) is 5.56. The van der Waals surface area contributed by atoms with Crippen LogP contribution in [-0.4, -0.2) is 23.6 Å². The number of halogens is 1. The van der Waals surface area contributed by atoms with Crippen molar-refractivity contribution in [1.82, 2.24) is 5.32 Å². The van der Waals surface area contributed by atoms with E-state index in [1.807, 2.05) is 0 Å². The third-order valence-electron chi connectivity index (χ3n) is 3.55. The van der Waals surface area contributed by atoms with Crippen molar-refractivity contribution < 1.29 is 19.4 Å². The van der Waals surface area contributed by atoms with E-state index >= 15 is 0 Å². The van der Waals surface area contributed by atoms with Crippen LogP contribution in [-0.2, 0) is 9.53 Å². The zero-order valence-electron chi connectivity index (χ0n) is 15.0. The molecule has 28 heavy (non-hydrogen) atoms. The second kappa shape index (κ2) is 10.1. The lowest BCUT2D eigenvalue weighted by atomic mass is 10.1. The summed E-state index contributed by atoms with van der Waals surface area (Å²) in [6, 6.07) is 17.0. The van der Waals surface area contributed by atoms with Crippen molar-refractivity contribution in [2.45, 2.75) is 6.92 Å². The molecule has 0 atom stereocenters. The van der Waals surface area contributed by atoms with Crippen molar-refractivity contribution in [2.75, 3.05) is 6.61 Å². The van der Waals surface area contributed by atoms with E-state index in [0.717, 1.165) is 4.47 Å². The van der Waals surface area contributed by atoms with E-state index < -0.39 is 23.2 Å². The number of carbonyl (C=O) groups excluding carboxylic acids is 2. The highest BCUT2D eigenvalue weighted by Crippen LogP contribution is 2.18. The first kappa shape index (κ1) is 20.9. The third-order valence-corrected chi connectivity index (χ3v) is 4.08. The Morgan fingerprint density at radius 3 is 2.39 bits per heavy atom. The summed E-state index contributed by atoms with van der Waals surface area (Å²) in [4.78, 5) is 24.5. The lowest BCUT2D eigenvalue weighted by Gasteiger charge is -2.11. The molecule has 6 nitrogen and oxygen atoms in total. The Bertz CT molecular complexity index is 958. The van der Waals surface area contributed by atoms with Gasteiger partial charge in [-0.2, -0.15) is 5.26 Å². The van der Waals surface area contributed by atoms with Gasteiger partial charge in [0.15, 0.2) is 11.3 Å². The van der Waals surface area contributed by atoms with Crippen LogP contribution in [0.25, 0.3) is 6.08 Å². The molecular weight excluding hydrogens is 424 g/mol. The lowest BCUT2D eigenvalue weighted by molar-refractivity contribution is -0.138. The van der Waals surface area contributed by atoms with Crippen molar-refractivity contribution >= 4 is 33.9 Å². The number of ether oxygens (including phenoxy) is 1. The Balaban J connectivity index is 2.49. The van der Waals surface area contributed by atoms with Crippen LogP contribution in [0.3, 0.4) is 0 Å². The minimum atomic E-state index is -0.974. The zero-order valence-corrected chi connectivity index (χ0v) is 16.6. The highest BCUT2D eigenvalue weighted by atomic mass is 79.9. The second-order valence-corrected chi connectivity index (χ2v) is 6.40. The molecule has 0 aliphatic rings. The van der Waals surface area contributed by atoms with Crippen LogP contribution in [0.2, 0.25) is 0 Å². The molecule has 1 amide bonds. The first-order valence-electron chi connectivity index (χ1n) is 8.30. The van der Waals surface area contributed by atoms with E-state index in [2.05, 4.69) is 21.2 Å². The average Bonchev–Trinajstić information content (AvgIpc) is 2.70. The molecule has 0 radical (unpaired) electrons. The van der Waals surface area contributed by atoms with Crippen LogP contribution in [0.1, 0.15) is 22.8 Å². The molecule has 0 heterocycles. The number of benzene rings is 2. The number of amides is 1. The summed E-state index contributed by atoms with van der Waals surface area (Å²) in [7, 11) is 0. The van der Waals surface area contributed by atoms with E-state index in [-0.39, 0.29) is 12.3 Å². The molecule has 7 heteroatoms. The maximum atomic E-state index is 12.5. The molecule has 0 aliphatic carbocycles. The van der Waals surface area contributed by atoms with Gasteiger partial charge in [-0.25, -0.2) is 4.79 Å². The summed E-state index contributed by atoms with van der Waals surface area (Å²) in [6.45, 7) is 1.62. The summed E-state index contributed by atoms with van der Waals surface area (Å²) in [5.74, 6) is -2.15. The summed E-state index contributed by atoms with van der Waals surface area (Å²) in [6.07, 6.45) is 1.46. The van der Waals surface area contributed by atoms with E-state index in [1.165, 1.54) is 6.08 Å². The Labute approximate surface area is 170 Å². The van der Waals surface area contributed by atoms with Gasteiger partial charge in [0.1, 0.15) is 6.07 Å². The predicted molar refractivity (Wildman–Crippen MR) is 108 cm³/mol. The molecule has 0 aliphatic heterocycles. The molecule has 0 fully saturated rings. The normalized spacial score (nSPS) is 11.8. The Kier molecular flexibility index (Phi) is 7.55. The molecule has 2 rings (SSSR count). The van der Waals surface area contributed by atoms with Gasteiger partial charge in [-0.1, -0.05) is 46.3 Å². The van der Waals surface area contributed by atoms with Gasteiger partial charge in [-0.15, -0.1) is 0 Å². The summed E-state index contributed by atoms with van der Waals surface area (Å²) < 4.78 is 5.65. The predicted octanol–water partition coefficient (Wildman–Crippen LogP) is 4.12. The van der Waals surface area contributed by atoms with E-state index in [4.69, 9.17) is 4.74 Å². The van der Waals surface area contributed by atoms with Crippen LogP contribution in [0.15, 0.2) is 76.1 Å². The number of rotatable bonds is 6. The molecule has 0 saturated heterocycles. The molecule has 142 valence electrons. The van der Waals surface area contributed by atoms with Crippen LogP contribution < -0.4 is 5.32 Å². The Morgan fingerprint density at radius 2 is 1.82 bits per heavy atom. The first-order chi connectivity index (χ1) is 13.5. The smallest absolute Gasteiger partial charge is 0.352 e. The SMILES string of the molecule is CCOC(=O)/C(C#N)=C(O)\C(=C/c1ccc(Br)cc1)NC(=O)c1ccccc1. The quantitative estimate of drug-likeness (QED) is 0.231. The molecule has 0 spiro atoms. The number of nitrogens with zero attached hydrogens (tertiary/aromatic N) is 1. The Hall–Kier alpha value is -3.37. The maximum absolute atomic E-state index is 12.5. The molecular formula is C21H17BrN2O4. The number of nitriles is 1. The highest BCUT2D eigenvalue weighted by molar-refractivity contribution is 9.10. The zero-order chi connectivity index (χ0) is 20.5. The van der Waals surface area contributed by atoms with Gasteiger partial charge in [0.05, 0.1) is 12.3 Å². The molecule has 2 aromatic rings. The van der Waals surface area contributed by atoms with E-state index in [0.29, 0.717) is 11.1 Å². The number of aliphatic hydroxyl groups excluding tert-OH is 1. The number of esters is 1. The number of aliphatic hydroxyl groups is 1. The standard InChI is InChI=1S/C21H17BrN2O4/c1-2-28-21(27)17(13-23)19(25)18(12-14-8-10-16(22)11-9-14)24-20(26)15-6-4-3-5-7-15/h3-12,25H,2H2,1H3,(H,24,26)/b18-12+,19-17+. The fraction of sp³-hybridized carbons (Fsp3) is 0.0952. The van der Waals surface area contributed by atoms with Crippen molar-refractivity contribution in [3.05, 3.63) is 87.2 Å². The van der Waals surface area contributed by atoms with Gasteiger partial charge in [0.2, 0.25) is 0 Å². The minimum Gasteiger partial charge on any atom is -0.504 e. The van der Waals surface area contributed by atoms with Crippen LogP contribution in [0.5, 0.6) is 0 Å². The van der Waals surface area contributed by atoms with Gasteiger partial charge in [-0.3, -0.25) is 4.79 Å². The van der Waals surface area contributed by atoms with Gasteiger partial charge in [-0.05, 0) is 42.8 Å². The number of carbonyl (C=O) groups is 2. The van der Waals surface area contributed by atoms with Crippen LogP contribution in [0, 0.1) is 11.3 Å². The summed E-state index contributed by atoms with van der Waals surface area (Å²) >= 11 is 3.33. The summed E-state index contributed by atoms with van der Waals surface area (Å²) in [5, 5.41) is 22.4. The minimum absolute atomic E-state index is 0.0411. The maximum Gasteiger partial charge on any atom is 0.352 e. The van der Waals surface area contributed by atoms with Gasteiger partial charge < -0.3 is 15.2 Å². The highest BCUT2D eigenvalue weighted by Gasteiger charge is 2.21. The second-order valence-electron chi connectivity index (χ2n) is 5.49. The van der Waals surface area contributed by atoms with Crippen molar-refractivity contribution in [1.29, 1.82) is 5.26 Å². The molecule has 0 saturated carbocycles. The number of nitrogens with one attached hydrogen (secondary N) is 1. The van der Waals surface area contributed by atoms with Gasteiger partial charge >= 0.3 is 5.97 Å². The van der Waals surface area contributed by atoms with Crippen LogP contribution in [0.4, 0.5) is 0 Å². The number of hydrogen-bond donors (Lipinski definition) is 2. The first-order valence-corrected chi connectivity index (χ1v) is 9.10. The molecule has 0 aromatic heterocycles. The largest absolute Gasteiger partial charge is 0.504 e. The number of hydrogen-bond acceptors (Lipinski definition) is 5. The fourth-order valence-electron chi connectivity index (χ4n) is 2.21. The monoisotopic (exact) mass is 440 g/mol. The molecule has 2 aromatic carbocycles. The molecule has 2 N–H and O–H groups in total. The van der Waals surface area contributed by atoms with E-state index in [9.17, 15) is 20.0 Å². The molecule has 0 unspecified atom stereocenters. The lowest BCUT2D eigenvalue weighted by Crippen LogP contribution is -2.25. The fourth-order valence-corrected chi connectivity index (χ4v) is 2.47. The molecule has 0 bridgehead atoms. The Morgan fingerprint density at radius 1 is 1.18 bits per heavy atom. The van der Waals surface area contributed by atoms with Gasteiger partial charge in [0, 0.05) is 10.0 Å².